The predicted octanol–water partition coefficient (Wildman–Crippen LogP) is 0.153. The Morgan fingerprint density at radius 1 is 1.27 bits per heavy atom. The molecule has 0 spiro atoms. The molecule has 1 saturated heterocycles. The van der Waals surface area contributed by atoms with Crippen molar-refractivity contribution in [2.75, 3.05) is 6.61 Å². The molecule has 1 unspecified atom stereocenters. The van der Waals surface area contributed by atoms with E-state index in [1.54, 1.807) is 0 Å². The Kier molecular flexibility index (Phi) is 2.23. The fourth-order valence-electron chi connectivity index (χ4n) is 1.36. The first-order valence-corrected chi connectivity index (χ1v) is 3.90. The van der Waals surface area contributed by atoms with Crippen molar-refractivity contribution in [3.8, 4) is 0 Å². The van der Waals surface area contributed by atoms with Gasteiger partial charge in [0, 0.05) is 0 Å². The Morgan fingerprint density at radius 3 is 2.00 bits per heavy atom. The molecule has 0 aliphatic carbocycles. The van der Waals surface area contributed by atoms with Crippen molar-refractivity contribution in [1.82, 2.24) is 0 Å². The van der Waals surface area contributed by atoms with Crippen molar-refractivity contribution in [3.63, 3.8) is 0 Å². The van der Waals surface area contributed by atoms with Crippen LogP contribution in [0.2, 0.25) is 0 Å². The van der Waals surface area contributed by atoms with Crippen LogP contribution in [0.1, 0.15) is 20.8 Å². The molecule has 3 atom stereocenters. The summed E-state index contributed by atoms with van der Waals surface area (Å²) in [7, 11) is 0. The molecule has 0 amide bonds. The molecule has 0 radical (unpaired) electrons. The summed E-state index contributed by atoms with van der Waals surface area (Å²) in [6, 6.07) is 0. The number of aliphatic hydroxyl groups excluding tert-OH is 2. The minimum absolute atomic E-state index is 0.100. The summed E-state index contributed by atoms with van der Waals surface area (Å²) in [5, 5.41) is 18.6. The van der Waals surface area contributed by atoms with Crippen molar-refractivity contribution in [2.45, 2.75) is 39.1 Å². The van der Waals surface area contributed by atoms with Crippen molar-refractivity contribution in [3.05, 3.63) is 0 Å². The molecule has 1 heterocycles. The molecule has 11 heavy (non-hydrogen) atoms. The SMILES string of the molecule is CC(C)(C)[C@@H]1OC[C@H](O)C1O. The second kappa shape index (κ2) is 2.73. The van der Waals surface area contributed by atoms with Gasteiger partial charge in [-0.2, -0.15) is 0 Å². The van der Waals surface area contributed by atoms with Crippen LogP contribution in [0.25, 0.3) is 0 Å². The first-order valence-electron chi connectivity index (χ1n) is 3.90. The molecule has 0 bridgehead atoms. The first-order chi connectivity index (χ1) is 4.93. The van der Waals surface area contributed by atoms with Crippen LogP contribution in [0.5, 0.6) is 0 Å². The van der Waals surface area contributed by atoms with E-state index in [1.807, 2.05) is 20.8 Å². The molecule has 3 nitrogen and oxygen atoms in total. The second-order valence-electron chi connectivity index (χ2n) is 4.18. The Morgan fingerprint density at radius 2 is 1.82 bits per heavy atom. The summed E-state index contributed by atoms with van der Waals surface area (Å²) >= 11 is 0. The van der Waals surface area contributed by atoms with Crippen molar-refractivity contribution >= 4 is 0 Å². The van der Waals surface area contributed by atoms with Crippen LogP contribution < -0.4 is 0 Å². The van der Waals surface area contributed by atoms with Gasteiger partial charge in [-0.05, 0) is 5.41 Å². The molecular weight excluding hydrogens is 144 g/mol. The number of ether oxygens (including phenoxy) is 1. The maximum atomic E-state index is 9.42. The number of hydrogen-bond acceptors (Lipinski definition) is 3. The van der Waals surface area contributed by atoms with Gasteiger partial charge < -0.3 is 14.9 Å². The summed E-state index contributed by atoms with van der Waals surface area (Å²) in [5.41, 5.74) is -0.100. The van der Waals surface area contributed by atoms with Crippen molar-refractivity contribution in [2.24, 2.45) is 5.41 Å². The minimum Gasteiger partial charge on any atom is -0.388 e. The summed E-state index contributed by atoms with van der Waals surface area (Å²) in [4.78, 5) is 0. The van der Waals surface area contributed by atoms with Gasteiger partial charge in [-0.15, -0.1) is 0 Å². The van der Waals surface area contributed by atoms with E-state index in [2.05, 4.69) is 0 Å². The molecule has 0 aromatic rings. The molecule has 3 heteroatoms. The highest BCUT2D eigenvalue weighted by atomic mass is 16.5. The lowest BCUT2D eigenvalue weighted by molar-refractivity contribution is -0.0344. The lowest BCUT2D eigenvalue weighted by Gasteiger charge is -2.28. The maximum Gasteiger partial charge on any atom is 0.109 e. The van der Waals surface area contributed by atoms with Gasteiger partial charge in [0.25, 0.3) is 0 Å². The highest BCUT2D eigenvalue weighted by Gasteiger charge is 2.41. The Bertz CT molecular complexity index is 139. The van der Waals surface area contributed by atoms with E-state index in [-0.39, 0.29) is 18.1 Å². The zero-order valence-electron chi connectivity index (χ0n) is 7.24. The third kappa shape index (κ3) is 1.72. The van der Waals surface area contributed by atoms with Crippen LogP contribution in [-0.4, -0.2) is 35.1 Å². The van der Waals surface area contributed by atoms with Crippen LogP contribution in [0, 0.1) is 5.41 Å². The Hall–Kier alpha value is -0.120. The van der Waals surface area contributed by atoms with Crippen LogP contribution in [0.4, 0.5) is 0 Å². The Labute approximate surface area is 67.0 Å². The van der Waals surface area contributed by atoms with E-state index in [0.717, 1.165) is 0 Å². The van der Waals surface area contributed by atoms with Crippen LogP contribution in [0.15, 0.2) is 0 Å². The monoisotopic (exact) mass is 160 g/mol. The normalized spacial score (nSPS) is 39.5. The topological polar surface area (TPSA) is 49.7 Å². The van der Waals surface area contributed by atoms with Crippen LogP contribution in [-0.2, 0) is 4.74 Å². The van der Waals surface area contributed by atoms with E-state index >= 15 is 0 Å². The molecule has 0 saturated carbocycles. The molecule has 0 aromatic carbocycles. The lowest BCUT2D eigenvalue weighted by Crippen LogP contribution is -2.38. The lowest BCUT2D eigenvalue weighted by atomic mass is 9.85. The van der Waals surface area contributed by atoms with E-state index in [4.69, 9.17) is 9.84 Å². The van der Waals surface area contributed by atoms with Crippen molar-refractivity contribution < 1.29 is 14.9 Å². The van der Waals surface area contributed by atoms with Gasteiger partial charge in [-0.25, -0.2) is 0 Å². The largest absolute Gasteiger partial charge is 0.388 e. The van der Waals surface area contributed by atoms with Gasteiger partial charge in [0.2, 0.25) is 0 Å². The molecule has 2 N–H and O–H groups in total. The summed E-state index contributed by atoms with van der Waals surface area (Å²) in [6.07, 6.45) is -1.67. The number of rotatable bonds is 0. The van der Waals surface area contributed by atoms with Crippen molar-refractivity contribution in [1.29, 1.82) is 0 Å². The van der Waals surface area contributed by atoms with Gasteiger partial charge in [-0.1, -0.05) is 20.8 Å². The molecule has 1 aliphatic rings. The quantitative estimate of drug-likeness (QED) is 0.530. The van der Waals surface area contributed by atoms with Gasteiger partial charge in [0.15, 0.2) is 0 Å². The number of hydrogen-bond donors (Lipinski definition) is 2. The van der Waals surface area contributed by atoms with Gasteiger partial charge in [0.1, 0.15) is 12.2 Å². The molecule has 1 fully saturated rings. The summed E-state index contributed by atoms with van der Waals surface area (Å²) < 4.78 is 5.24. The van der Waals surface area contributed by atoms with E-state index in [9.17, 15) is 5.11 Å². The third-order valence-electron chi connectivity index (χ3n) is 2.00. The van der Waals surface area contributed by atoms with Crippen LogP contribution >= 0.6 is 0 Å². The fourth-order valence-corrected chi connectivity index (χ4v) is 1.36. The van der Waals surface area contributed by atoms with Crippen LogP contribution in [0.3, 0.4) is 0 Å². The first kappa shape index (κ1) is 8.97. The van der Waals surface area contributed by atoms with Gasteiger partial charge in [0.05, 0.1) is 12.7 Å². The number of aliphatic hydroxyl groups is 2. The molecule has 1 rings (SSSR count). The van der Waals surface area contributed by atoms with Gasteiger partial charge in [-0.3, -0.25) is 0 Å². The molecule has 0 aromatic heterocycles. The van der Waals surface area contributed by atoms with Gasteiger partial charge >= 0.3 is 0 Å². The van der Waals surface area contributed by atoms with E-state index in [0.29, 0.717) is 0 Å². The zero-order chi connectivity index (χ0) is 8.65. The Balaban J connectivity index is 2.62. The smallest absolute Gasteiger partial charge is 0.109 e. The average molecular weight is 160 g/mol. The van der Waals surface area contributed by atoms with E-state index < -0.39 is 12.2 Å². The maximum absolute atomic E-state index is 9.42. The molecule has 66 valence electrons. The highest BCUT2D eigenvalue weighted by Crippen LogP contribution is 2.30. The average Bonchev–Trinajstić information content (AvgIpc) is 2.11. The highest BCUT2D eigenvalue weighted by molar-refractivity contribution is 4.90. The standard InChI is InChI=1S/C8H16O3/c1-8(2,3)7-6(10)5(9)4-11-7/h5-7,9-10H,4H2,1-3H3/t5-,6?,7+/m0/s1. The fraction of sp³-hybridized carbons (Fsp3) is 1.00. The summed E-state index contributed by atoms with van der Waals surface area (Å²) in [5.74, 6) is 0. The second-order valence-corrected chi connectivity index (χ2v) is 4.18. The predicted molar refractivity (Wildman–Crippen MR) is 41.2 cm³/mol. The zero-order valence-corrected chi connectivity index (χ0v) is 7.24. The molecule has 1 aliphatic heterocycles. The molecular formula is C8H16O3. The summed E-state index contributed by atoms with van der Waals surface area (Å²) in [6.45, 7) is 6.21. The third-order valence-corrected chi connectivity index (χ3v) is 2.00. The minimum atomic E-state index is -0.727. The van der Waals surface area contributed by atoms with E-state index in [1.165, 1.54) is 0 Å².